The molecule has 0 saturated heterocycles. The summed E-state index contributed by atoms with van der Waals surface area (Å²) in [5, 5.41) is 0. The molecule has 0 amide bonds. The molecule has 0 spiro atoms. The summed E-state index contributed by atoms with van der Waals surface area (Å²) in [6.07, 6.45) is 0.532. The molecule has 0 atom stereocenters. The molecule has 0 saturated carbocycles. The number of hydrogen-bond donors (Lipinski definition) is 1. The van der Waals surface area contributed by atoms with Crippen LogP contribution in [0.2, 0.25) is 0 Å². The zero-order valence-corrected chi connectivity index (χ0v) is 12.7. The van der Waals surface area contributed by atoms with E-state index in [1.807, 2.05) is 6.92 Å². The van der Waals surface area contributed by atoms with E-state index in [-0.39, 0.29) is 10.4 Å². The fraction of sp³-hybridized carbons (Fsp3) is 0.267. The van der Waals surface area contributed by atoms with E-state index in [0.29, 0.717) is 28.1 Å². The summed E-state index contributed by atoms with van der Waals surface area (Å²) < 4.78 is 32.1. The van der Waals surface area contributed by atoms with Gasteiger partial charge in [-0.2, -0.15) is 0 Å². The van der Waals surface area contributed by atoms with Crippen molar-refractivity contribution in [3.05, 3.63) is 39.8 Å². The molecule has 1 aromatic heterocycles. The van der Waals surface area contributed by atoms with Gasteiger partial charge >= 0.3 is 5.97 Å². The summed E-state index contributed by atoms with van der Waals surface area (Å²) in [6.45, 7) is 3.42. The standard InChI is InChI=1S/C15H15F2NO2S/c1-4-8-12(18)14(15(19)20-3)21-13(8)9-5-7(2)10(16)6-11(9)17/h5-6H,4,18H2,1-3H3. The van der Waals surface area contributed by atoms with Gasteiger partial charge in [0.05, 0.1) is 12.8 Å². The molecule has 0 aliphatic rings. The van der Waals surface area contributed by atoms with Crippen LogP contribution >= 0.6 is 11.3 Å². The number of methoxy groups -OCH3 is 1. The molecule has 21 heavy (non-hydrogen) atoms. The second kappa shape index (κ2) is 5.81. The van der Waals surface area contributed by atoms with Crippen LogP contribution in [0.4, 0.5) is 14.5 Å². The first-order valence-electron chi connectivity index (χ1n) is 6.36. The molecule has 0 aliphatic heterocycles. The average Bonchev–Trinajstić information content (AvgIpc) is 2.78. The molecule has 0 unspecified atom stereocenters. The van der Waals surface area contributed by atoms with Gasteiger partial charge in [0.25, 0.3) is 0 Å². The Hall–Kier alpha value is -1.95. The number of carbonyl (C=O) groups excluding carboxylic acids is 1. The topological polar surface area (TPSA) is 52.3 Å². The van der Waals surface area contributed by atoms with E-state index in [2.05, 4.69) is 4.74 Å². The zero-order chi connectivity index (χ0) is 15.7. The first kappa shape index (κ1) is 15.4. The van der Waals surface area contributed by atoms with Crippen LogP contribution < -0.4 is 5.73 Å². The molecule has 2 aromatic rings. The molecule has 0 radical (unpaired) electrons. The Morgan fingerprint density at radius 1 is 1.33 bits per heavy atom. The highest BCUT2D eigenvalue weighted by Crippen LogP contribution is 2.40. The maximum Gasteiger partial charge on any atom is 0.350 e. The van der Waals surface area contributed by atoms with Crippen LogP contribution in [0.1, 0.15) is 27.7 Å². The summed E-state index contributed by atoms with van der Waals surface area (Å²) in [7, 11) is 1.26. The minimum absolute atomic E-state index is 0.241. The van der Waals surface area contributed by atoms with E-state index in [1.165, 1.54) is 13.2 Å². The fourth-order valence-electron chi connectivity index (χ4n) is 2.12. The van der Waals surface area contributed by atoms with Crippen LogP contribution in [0.5, 0.6) is 0 Å². The lowest BCUT2D eigenvalue weighted by Crippen LogP contribution is -2.02. The van der Waals surface area contributed by atoms with Crippen molar-refractivity contribution < 1.29 is 18.3 Å². The second-order valence-corrected chi connectivity index (χ2v) is 5.60. The maximum absolute atomic E-state index is 14.1. The minimum atomic E-state index is -0.675. The van der Waals surface area contributed by atoms with Crippen molar-refractivity contribution in [2.24, 2.45) is 0 Å². The molecule has 3 nitrogen and oxygen atoms in total. The molecule has 6 heteroatoms. The van der Waals surface area contributed by atoms with Crippen LogP contribution in [-0.4, -0.2) is 13.1 Å². The molecule has 0 fully saturated rings. The fourth-order valence-corrected chi connectivity index (χ4v) is 3.37. The number of esters is 1. The molecule has 1 heterocycles. The summed E-state index contributed by atoms with van der Waals surface area (Å²) in [4.78, 5) is 12.5. The first-order chi connectivity index (χ1) is 9.90. The Morgan fingerprint density at radius 2 is 2.00 bits per heavy atom. The highest BCUT2D eigenvalue weighted by Gasteiger charge is 2.23. The molecular weight excluding hydrogens is 296 g/mol. The van der Waals surface area contributed by atoms with Gasteiger partial charge in [-0.3, -0.25) is 0 Å². The number of carbonyl (C=O) groups is 1. The third kappa shape index (κ3) is 2.63. The summed E-state index contributed by atoms with van der Waals surface area (Å²) in [5.74, 6) is -1.84. The summed E-state index contributed by atoms with van der Waals surface area (Å²) >= 11 is 1.06. The van der Waals surface area contributed by atoms with Crippen molar-refractivity contribution >= 4 is 23.0 Å². The molecule has 112 valence electrons. The monoisotopic (exact) mass is 311 g/mol. The lowest BCUT2D eigenvalue weighted by molar-refractivity contribution is 0.0607. The number of aryl methyl sites for hydroxylation is 1. The lowest BCUT2D eigenvalue weighted by Gasteiger charge is -2.06. The third-order valence-corrected chi connectivity index (χ3v) is 4.53. The molecule has 0 aliphatic carbocycles. The van der Waals surface area contributed by atoms with Gasteiger partial charge in [0.15, 0.2) is 0 Å². The Labute approximate surface area is 125 Å². The highest BCUT2D eigenvalue weighted by atomic mass is 32.1. The average molecular weight is 311 g/mol. The van der Waals surface area contributed by atoms with Crippen molar-refractivity contribution in [2.45, 2.75) is 20.3 Å². The van der Waals surface area contributed by atoms with Crippen LogP contribution in [0.25, 0.3) is 10.4 Å². The predicted octanol–water partition coefficient (Wildman–Crippen LogP) is 3.93. The number of nitrogen functional groups attached to an aromatic ring is 1. The van der Waals surface area contributed by atoms with Gasteiger partial charge in [0, 0.05) is 16.5 Å². The number of ether oxygens (including phenoxy) is 1. The van der Waals surface area contributed by atoms with E-state index in [9.17, 15) is 13.6 Å². The van der Waals surface area contributed by atoms with Crippen molar-refractivity contribution in [3.63, 3.8) is 0 Å². The normalized spacial score (nSPS) is 10.7. The smallest absolute Gasteiger partial charge is 0.350 e. The third-order valence-electron chi connectivity index (χ3n) is 3.27. The minimum Gasteiger partial charge on any atom is -0.465 e. The van der Waals surface area contributed by atoms with Gasteiger partial charge in [-0.15, -0.1) is 11.3 Å². The molecule has 1 aromatic carbocycles. The van der Waals surface area contributed by atoms with Crippen LogP contribution in [0.3, 0.4) is 0 Å². The molecule has 2 N–H and O–H groups in total. The highest BCUT2D eigenvalue weighted by molar-refractivity contribution is 7.18. The van der Waals surface area contributed by atoms with Crippen molar-refractivity contribution in [1.82, 2.24) is 0 Å². The lowest BCUT2D eigenvalue weighted by atomic mass is 10.0. The van der Waals surface area contributed by atoms with Gasteiger partial charge in [-0.05, 0) is 30.5 Å². The quantitative estimate of drug-likeness (QED) is 0.874. The Bertz CT molecular complexity index is 710. The predicted molar refractivity (Wildman–Crippen MR) is 79.5 cm³/mol. The Balaban J connectivity index is 2.69. The van der Waals surface area contributed by atoms with Crippen molar-refractivity contribution in [3.8, 4) is 10.4 Å². The van der Waals surface area contributed by atoms with E-state index >= 15 is 0 Å². The molecule has 0 bridgehead atoms. The first-order valence-corrected chi connectivity index (χ1v) is 7.17. The van der Waals surface area contributed by atoms with Crippen molar-refractivity contribution in [2.75, 3.05) is 12.8 Å². The Morgan fingerprint density at radius 3 is 2.57 bits per heavy atom. The van der Waals surface area contributed by atoms with Crippen LogP contribution in [-0.2, 0) is 11.2 Å². The molecule has 2 rings (SSSR count). The number of benzene rings is 1. The molecular formula is C15H15F2NO2S. The number of hydrogen-bond acceptors (Lipinski definition) is 4. The largest absolute Gasteiger partial charge is 0.465 e. The van der Waals surface area contributed by atoms with Gasteiger partial charge in [-0.1, -0.05) is 6.92 Å². The number of nitrogens with two attached hydrogens (primary N) is 1. The number of anilines is 1. The SMILES string of the molecule is CCc1c(-c2cc(C)c(F)cc2F)sc(C(=O)OC)c1N. The van der Waals surface area contributed by atoms with E-state index in [1.54, 1.807) is 6.92 Å². The number of halogens is 2. The maximum atomic E-state index is 14.1. The summed E-state index contributed by atoms with van der Waals surface area (Å²) in [6, 6.07) is 2.27. The van der Waals surface area contributed by atoms with Crippen molar-refractivity contribution in [1.29, 1.82) is 0 Å². The van der Waals surface area contributed by atoms with Gasteiger partial charge in [-0.25, -0.2) is 13.6 Å². The van der Waals surface area contributed by atoms with Crippen LogP contribution in [0.15, 0.2) is 12.1 Å². The van der Waals surface area contributed by atoms with E-state index < -0.39 is 17.6 Å². The van der Waals surface area contributed by atoms with Gasteiger partial charge in [0.1, 0.15) is 16.5 Å². The summed E-state index contributed by atoms with van der Waals surface area (Å²) in [5.41, 5.74) is 7.51. The van der Waals surface area contributed by atoms with E-state index in [4.69, 9.17) is 5.73 Å². The number of thiophene rings is 1. The number of rotatable bonds is 3. The van der Waals surface area contributed by atoms with Gasteiger partial charge in [0.2, 0.25) is 0 Å². The second-order valence-electron chi connectivity index (χ2n) is 4.58. The van der Waals surface area contributed by atoms with Gasteiger partial charge < -0.3 is 10.5 Å². The van der Waals surface area contributed by atoms with Crippen LogP contribution in [0, 0.1) is 18.6 Å². The Kier molecular flexibility index (Phi) is 4.27. The van der Waals surface area contributed by atoms with E-state index in [0.717, 1.165) is 17.4 Å². The zero-order valence-electron chi connectivity index (χ0n) is 11.9.